The SMILES string of the molecule is COC(=O)c1ccc(NC(=O)COC(=O)c2ccc(N(C)C)c([N+](=O)[O-])c2)cc1. The van der Waals surface area contributed by atoms with E-state index in [4.69, 9.17) is 4.74 Å². The number of nitrogens with one attached hydrogen (secondary N) is 1. The van der Waals surface area contributed by atoms with E-state index in [1.165, 1.54) is 43.5 Å². The molecule has 0 aliphatic rings. The first kappa shape index (κ1) is 21.4. The van der Waals surface area contributed by atoms with Crippen molar-refractivity contribution in [3.63, 3.8) is 0 Å². The van der Waals surface area contributed by atoms with E-state index in [9.17, 15) is 24.5 Å². The number of nitro groups is 1. The van der Waals surface area contributed by atoms with Gasteiger partial charge in [0.15, 0.2) is 6.61 Å². The summed E-state index contributed by atoms with van der Waals surface area (Å²) in [6.07, 6.45) is 0. The van der Waals surface area contributed by atoms with Crippen LogP contribution < -0.4 is 10.2 Å². The van der Waals surface area contributed by atoms with Crippen LogP contribution in [0.1, 0.15) is 20.7 Å². The van der Waals surface area contributed by atoms with Gasteiger partial charge in [-0.05, 0) is 36.4 Å². The second kappa shape index (κ2) is 9.31. The molecule has 0 atom stereocenters. The highest BCUT2D eigenvalue weighted by atomic mass is 16.6. The molecule has 1 N–H and O–H groups in total. The van der Waals surface area contributed by atoms with Crippen molar-refractivity contribution in [1.82, 2.24) is 0 Å². The van der Waals surface area contributed by atoms with Crippen molar-refractivity contribution in [2.24, 2.45) is 0 Å². The van der Waals surface area contributed by atoms with E-state index in [0.29, 0.717) is 16.9 Å². The molecule has 0 spiro atoms. The zero-order valence-electron chi connectivity index (χ0n) is 16.0. The number of hydrogen-bond donors (Lipinski definition) is 1. The van der Waals surface area contributed by atoms with Crippen LogP contribution in [0.2, 0.25) is 0 Å². The quantitative estimate of drug-likeness (QED) is 0.425. The van der Waals surface area contributed by atoms with Gasteiger partial charge in [-0.3, -0.25) is 14.9 Å². The van der Waals surface area contributed by atoms with Gasteiger partial charge in [0.25, 0.3) is 11.6 Å². The molecule has 0 saturated carbocycles. The summed E-state index contributed by atoms with van der Waals surface area (Å²) in [6, 6.07) is 9.84. The van der Waals surface area contributed by atoms with Crippen LogP contribution in [0.15, 0.2) is 42.5 Å². The molecule has 0 heterocycles. The van der Waals surface area contributed by atoms with Crippen molar-refractivity contribution in [2.45, 2.75) is 0 Å². The predicted octanol–water partition coefficient (Wildman–Crippen LogP) is 2.24. The molecule has 0 fully saturated rings. The number of methoxy groups -OCH3 is 1. The molecule has 2 aromatic rings. The van der Waals surface area contributed by atoms with E-state index in [0.717, 1.165) is 6.07 Å². The molecule has 0 saturated heterocycles. The second-order valence-corrected chi connectivity index (χ2v) is 6.05. The molecule has 2 aromatic carbocycles. The van der Waals surface area contributed by atoms with Crippen molar-refractivity contribution in [2.75, 3.05) is 38.0 Å². The number of nitrogens with zero attached hydrogens (tertiary/aromatic N) is 2. The van der Waals surface area contributed by atoms with Gasteiger partial charge in [-0.1, -0.05) is 0 Å². The topological polar surface area (TPSA) is 128 Å². The number of amides is 1. The van der Waals surface area contributed by atoms with Gasteiger partial charge >= 0.3 is 11.9 Å². The Morgan fingerprint density at radius 2 is 1.66 bits per heavy atom. The first-order valence-electron chi connectivity index (χ1n) is 8.34. The lowest BCUT2D eigenvalue weighted by atomic mass is 10.1. The van der Waals surface area contributed by atoms with Crippen molar-refractivity contribution >= 4 is 34.9 Å². The Morgan fingerprint density at radius 3 is 2.21 bits per heavy atom. The molecular weight excluding hydrogens is 382 g/mol. The number of rotatable bonds is 7. The number of ether oxygens (including phenoxy) is 2. The fourth-order valence-corrected chi connectivity index (χ4v) is 2.39. The van der Waals surface area contributed by atoms with E-state index in [-0.39, 0.29) is 11.3 Å². The number of esters is 2. The number of carbonyl (C=O) groups is 3. The Bertz CT molecular complexity index is 939. The third-order valence-electron chi connectivity index (χ3n) is 3.81. The van der Waals surface area contributed by atoms with E-state index >= 15 is 0 Å². The Labute approximate surface area is 166 Å². The van der Waals surface area contributed by atoms with Crippen LogP contribution in [-0.2, 0) is 14.3 Å². The second-order valence-electron chi connectivity index (χ2n) is 6.05. The smallest absolute Gasteiger partial charge is 0.338 e. The maximum absolute atomic E-state index is 12.1. The van der Waals surface area contributed by atoms with E-state index in [2.05, 4.69) is 10.1 Å². The fourth-order valence-electron chi connectivity index (χ4n) is 2.39. The lowest BCUT2D eigenvalue weighted by Gasteiger charge is -2.13. The van der Waals surface area contributed by atoms with Gasteiger partial charge < -0.3 is 19.7 Å². The molecular formula is C19H19N3O7. The number of carbonyl (C=O) groups excluding carboxylic acids is 3. The van der Waals surface area contributed by atoms with E-state index in [1.807, 2.05) is 0 Å². The molecule has 0 radical (unpaired) electrons. The van der Waals surface area contributed by atoms with Crippen LogP contribution in [0.25, 0.3) is 0 Å². The van der Waals surface area contributed by atoms with Crippen LogP contribution in [-0.4, -0.2) is 50.6 Å². The van der Waals surface area contributed by atoms with Crippen LogP contribution in [0, 0.1) is 10.1 Å². The van der Waals surface area contributed by atoms with Gasteiger partial charge in [0.05, 0.1) is 23.2 Å². The van der Waals surface area contributed by atoms with Crippen molar-refractivity contribution < 1.29 is 28.8 Å². The van der Waals surface area contributed by atoms with Crippen LogP contribution >= 0.6 is 0 Å². The molecule has 0 aromatic heterocycles. The van der Waals surface area contributed by atoms with Crippen molar-refractivity contribution in [1.29, 1.82) is 0 Å². The molecule has 2 rings (SSSR count). The molecule has 29 heavy (non-hydrogen) atoms. The normalized spacial score (nSPS) is 10.0. The van der Waals surface area contributed by atoms with Gasteiger partial charge in [-0.15, -0.1) is 0 Å². The van der Waals surface area contributed by atoms with E-state index in [1.54, 1.807) is 19.0 Å². The highest BCUT2D eigenvalue weighted by molar-refractivity contribution is 5.96. The van der Waals surface area contributed by atoms with Gasteiger partial charge in [0.1, 0.15) is 5.69 Å². The number of nitro benzene ring substituents is 1. The summed E-state index contributed by atoms with van der Waals surface area (Å²) < 4.78 is 9.49. The molecule has 152 valence electrons. The largest absolute Gasteiger partial charge is 0.465 e. The zero-order chi connectivity index (χ0) is 21.6. The third-order valence-corrected chi connectivity index (χ3v) is 3.81. The Hall–Kier alpha value is -3.95. The number of anilines is 2. The first-order valence-corrected chi connectivity index (χ1v) is 8.34. The van der Waals surface area contributed by atoms with Crippen molar-refractivity contribution in [3.8, 4) is 0 Å². The van der Waals surface area contributed by atoms with Crippen molar-refractivity contribution in [3.05, 3.63) is 63.7 Å². The fraction of sp³-hybridized carbons (Fsp3) is 0.211. The summed E-state index contributed by atoms with van der Waals surface area (Å²) in [5.74, 6) is -1.98. The zero-order valence-corrected chi connectivity index (χ0v) is 16.0. The Kier molecular flexibility index (Phi) is 6.85. The Morgan fingerprint density at radius 1 is 1.03 bits per heavy atom. The van der Waals surface area contributed by atoms with Gasteiger partial charge in [0, 0.05) is 25.8 Å². The summed E-state index contributed by atoms with van der Waals surface area (Å²) in [5.41, 5.74) is 0.751. The van der Waals surface area contributed by atoms with Gasteiger partial charge in [-0.2, -0.15) is 0 Å². The summed E-state index contributed by atoms with van der Waals surface area (Å²) >= 11 is 0. The summed E-state index contributed by atoms with van der Waals surface area (Å²) in [4.78, 5) is 47.6. The highest BCUT2D eigenvalue weighted by Gasteiger charge is 2.20. The van der Waals surface area contributed by atoms with Crippen LogP contribution in [0.4, 0.5) is 17.1 Å². The predicted molar refractivity (Wildman–Crippen MR) is 104 cm³/mol. The van der Waals surface area contributed by atoms with Gasteiger partial charge in [-0.25, -0.2) is 9.59 Å². The molecule has 0 aliphatic carbocycles. The molecule has 0 bridgehead atoms. The lowest BCUT2D eigenvalue weighted by Crippen LogP contribution is -2.21. The molecule has 10 heteroatoms. The lowest BCUT2D eigenvalue weighted by molar-refractivity contribution is -0.384. The highest BCUT2D eigenvalue weighted by Crippen LogP contribution is 2.27. The van der Waals surface area contributed by atoms with E-state index < -0.39 is 29.4 Å². The van der Waals surface area contributed by atoms with Crippen LogP contribution in [0.5, 0.6) is 0 Å². The average molecular weight is 401 g/mol. The van der Waals surface area contributed by atoms with Crippen LogP contribution in [0.3, 0.4) is 0 Å². The maximum Gasteiger partial charge on any atom is 0.338 e. The average Bonchev–Trinajstić information content (AvgIpc) is 2.71. The molecule has 0 aliphatic heterocycles. The number of benzene rings is 2. The minimum absolute atomic E-state index is 0.0440. The number of hydrogen-bond acceptors (Lipinski definition) is 8. The minimum atomic E-state index is -0.866. The molecule has 0 unspecified atom stereocenters. The summed E-state index contributed by atoms with van der Waals surface area (Å²) in [6.45, 7) is -0.583. The third kappa shape index (κ3) is 5.51. The van der Waals surface area contributed by atoms with Gasteiger partial charge in [0.2, 0.25) is 0 Å². The molecule has 1 amide bonds. The monoisotopic (exact) mass is 401 g/mol. The first-order chi connectivity index (χ1) is 13.7. The standard InChI is InChI=1S/C19H19N3O7/c1-21(2)15-9-6-13(10-16(15)22(26)27)19(25)29-11-17(23)20-14-7-4-12(5-8-14)18(24)28-3/h4-10H,11H2,1-3H3,(H,20,23). The maximum atomic E-state index is 12.1. The molecule has 10 nitrogen and oxygen atoms in total. The minimum Gasteiger partial charge on any atom is -0.465 e. The summed E-state index contributed by atoms with van der Waals surface area (Å²) in [5, 5.41) is 13.7. The Balaban J connectivity index is 1.98. The summed E-state index contributed by atoms with van der Waals surface area (Å²) in [7, 11) is 4.54.